The van der Waals surface area contributed by atoms with Gasteiger partial charge >= 0.3 is 0 Å². The molecular formula is C16H20N2O3. The second-order valence-electron chi connectivity index (χ2n) is 5.55. The predicted octanol–water partition coefficient (Wildman–Crippen LogP) is 1.83. The van der Waals surface area contributed by atoms with Gasteiger partial charge in [0, 0.05) is 24.7 Å². The molecule has 1 aliphatic heterocycles. The molecule has 2 unspecified atom stereocenters. The van der Waals surface area contributed by atoms with Crippen LogP contribution in [-0.4, -0.2) is 46.0 Å². The van der Waals surface area contributed by atoms with Gasteiger partial charge in [-0.25, -0.2) is 0 Å². The van der Waals surface area contributed by atoms with Gasteiger partial charge < -0.3 is 14.7 Å². The Bertz CT molecular complexity index is 570. The number of aliphatic hydroxyl groups is 2. The Hall–Kier alpha value is -1.69. The first kappa shape index (κ1) is 14.3. The molecule has 112 valence electrons. The minimum Gasteiger partial charge on any atom is -0.392 e. The molecule has 2 atom stereocenters. The highest BCUT2D eigenvalue weighted by atomic mass is 16.5. The van der Waals surface area contributed by atoms with Crippen molar-refractivity contribution in [3.63, 3.8) is 0 Å². The Kier molecular flexibility index (Phi) is 4.34. The molecule has 2 aromatic rings. The molecular weight excluding hydrogens is 268 g/mol. The Morgan fingerprint density at radius 3 is 2.90 bits per heavy atom. The van der Waals surface area contributed by atoms with Crippen LogP contribution in [0.1, 0.15) is 24.6 Å². The van der Waals surface area contributed by atoms with E-state index in [0.717, 1.165) is 24.9 Å². The summed E-state index contributed by atoms with van der Waals surface area (Å²) in [6, 6.07) is 11.5. The second kappa shape index (κ2) is 6.39. The van der Waals surface area contributed by atoms with Gasteiger partial charge in [0.25, 0.3) is 0 Å². The van der Waals surface area contributed by atoms with Crippen molar-refractivity contribution >= 4 is 0 Å². The molecule has 1 fully saturated rings. The van der Waals surface area contributed by atoms with Crippen LogP contribution >= 0.6 is 0 Å². The molecule has 2 heterocycles. The lowest BCUT2D eigenvalue weighted by Crippen LogP contribution is -2.40. The monoisotopic (exact) mass is 288 g/mol. The number of hydrogen-bond donors (Lipinski definition) is 2. The number of rotatable bonds is 4. The van der Waals surface area contributed by atoms with Gasteiger partial charge in [-0.1, -0.05) is 35.5 Å². The van der Waals surface area contributed by atoms with Crippen LogP contribution in [0.3, 0.4) is 0 Å². The third kappa shape index (κ3) is 3.50. The second-order valence-corrected chi connectivity index (χ2v) is 5.55. The van der Waals surface area contributed by atoms with Gasteiger partial charge in [0.2, 0.25) is 0 Å². The number of aliphatic hydroxyl groups excluding tert-OH is 2. The third-order valence-electron chi connectivity index (χ3n) is 3.84. The van der Waals surface area contributed by atoms with Crippen LogP contribution in [0.2, 0.25) is 0 Å². The van der Waals surface area contributed by atoms with E-state index in [9.17, 15) is 10.2 Å². The average Bonchev–Trinajstić information content (AvgIpc) is 2.98. The van der Waals surface area contributed by atoms with Crippen molar-refractivity contribution in [3.05, 3.63) is 42.1 Å². The highest BCUT2D eigenvalue weighted by Gasteiger charge is 2.22. The third-order valence-corrected chi connectivity index (χ3v) is 3.84. The number of likely N-dealkylation sites (tertiary alicyclic amines) is 1. The molecule has 21 heavy (non-hydrogen) atoms. The fourth-order valence-corrected chi connectivity index (χ4v) is 2.72. The number of nitrogens with zero attached hydrogens (tertiary/aromatic N) is 2. The summed E-state index contributed by atoms with van der Waals surface area (Å²) in [6.45, 7) is 1.98. The number of aromatic nitrogens is 1. The summed E-state index contributed by atoms with van der Waals surface area (Å²) in [6.07, 6.45) is 0.816. The molecule has 0 radical (unpaired) electrons. The van der Waals surface area contributed by atoms with Gasteiger partial charge in [0.05, 0.1) is 6.10 Å². The van der Waals surface area contributed by atoms with Gasteiger partial charge in [-0.15, -0.1) is 0 Å². The first-order chi connectivity index (χ1) is 10.2. The average molecular weight is 288 g/mol. The zero-order valence-corrected chi connectivity index (χ0v) is 11.9. The molecule has 0 amide bonds. The number of benzene rings is 1. The van der Waals surface area contributed by atoms with E-state index in [1.54, 1.807) is 6.07 Å². The Labute approximate surface area is 123 Å². The molecule has 0 bridgehead atoms. The maximum absolute atomic E-state index is 10.3. The van der Waals surface area contributed by atoms with Crippen LogP contribution in [-0.2, 0) is 0 Å². The first-order valence-electron chi connectivity index (χ1n) is 7.33. The van der Waals surface area contributed by atoms with Crippen molar-refractivity contribution in [3.8, 4) is 11.3 Å². The van der Waals surface area contributed by atoms with E-state index in [-0.39, 0.29) is 6.10 Å². The van der Waals surface area contributed by atoms with Gasteiger partial charge in [-0.05, 0) is 19.4 Å². The van der Waals surface area contributed by atoms with Crippen molar-refractivity contribution in [1.29, 1.82) is 0 Å². The summed E-state index contributed by atoms with van der Waals surface area (Å²) in [5.74, 6) is 0.656. The van der Waals surface area contributed by atoms with Crippen molar-refractivity contribution in [2.75, 3.05) is 19.6 Å². The number of β-amino-alcohol motifs (C(OH)–C–C–N with tert-alkyl or cyclic N) is 2. The summed E-state index contributed by atoms with van der Waals surface area (Å²) in [5, 5.41) is 23.9. The summed E-state index contributed by atoms with van der Waals surface area (Å²) >= 11 is 0. The van der Waals surface area contributed by atoms with Crippen molar-refractivity contribution < 1.29 is 14.7 Å². The van der Waals surface area contributed by atoms with E-state index in [0.29, 0.717) is 24.5 Å². The Morgan fingerprint density at radius 1 is 1.33 bits per heavy atom. The molecule has 1 aromatic carbocycles. The fourth-order valence-electron chi connectivity index (χ4n) is 2.72. The molecule has 1 aliphatic rings. The standard InChI is InChI=1S/C16H20N2O3/c19-13-7-4-8-18(10-13)11-15(20)14-9-16(21-17-14)12-5-2-1-3-6-12/h1-3,5-6,9,13,15,19-20H,4,7-8,10-11H2. The molecule has 5 nitrogen and oxygen atoms in total. The van der Waals surface area contributed by atoms with Gasteiger partial charge in [0.15, 0.2) is 5.76 Å². The number of hydrogen-bond acceptors (Lipinski definition) is 5. The summed E-state index contributed by atoms with van der Waals surface area (Å²) < 4.78 is 5.30. The predicted molar refractivity (Wildman–Crippen MR) is 78.6 cm³/mol. The van der Waals surface area contributed by atoms with Crippen LogP contribution in [0.4, 0.5) is 0 Å². The molecule has 0 saturated carbocycles. The van der Waals surface area contributed by atoms with Crippen LogP contribution in [0.5, 0.6) is 0 Å². The highest BCUT2D eigenvalue weighted by Crippen LogP contribution is 2.24. The van der Waals surface area contributed by atoms with Crippen molar-refractivity contribution in [2.24, 2.45) is 0 Å². The van der Waals surface area contributed by atoms with E-state index in [2.05, 4.69) is 10.1 Å². The molecule has 2 N–H and O–H groups in total. The van der Waals surface area contributed by atoms with Crippen LogP contribution in [0.15, 0.2) is 40.9 Å². The van der Waals surface area contributed by atoms with E-state index < -0.39 is 6.10 Å². The lowest BCUT2D eigenvalue weighted by Gasteiger charge is -2.30. The van der Waals surface area contributed by atoms with E-state index in [1.807, 2.05) is 30.3 Å². The normalized spacial score (nSPS) is 21.3. The molecule has 5 heteroatoms. The lowest BCUT2D eigenvalue weighted by atomic mass is 10.1. The van der Waals surface area contributed by atoms with Gasteiger partial charge in [-0.3, -0.25) is 4.90 Å². The minimum atomic E-state index is -0.698. The van der Waals surface area contributed by atoms with Crippen molar-refractivity contribution in [1.82, 2.24) is 10.1 Å². The molecule has 1 aromatic heterocycles. The van der Waals surface area contributed by atoms with Gasteiger partial charge in [0.1, 0.15) is 11.8 Å². The lowest BCUT2D eigenvalue weighted by molar-refractivity contribution is 0.0373. The van der Waals surface area contributed by atoms with Crippen LogP contribution < -0.4 is 0 Å². The summed E-state index contributed by atoms with van der Waals surface area (Å²) in [7, 11) is 0. The van der Waals surface area contributed by atoms with E-state index in [4.69, 9.17) is 4.52 Å². The fraction of sp³-hybridized carbons (Fsp3) is 0.438. The minimum absolute atomic E-state index is 0.289. The van der Waals surface area contributed by atoms with Crippen LogP contribution in [0, 0.1) is 0 Å². The number of piperidine rings is 1. The van der Waals surface area contributed by atoms with E-state index >= 15 is 0 Å². The smallest absolute Gasteiger partial charge is 0.167 e. The summed E-state index contributed by atoms with van der Waals surface area (Å²) in [5.41, 5.74) is 1.48. The van der Waals surface area contributed by atoms with Gasteiger partial charge in [-0.2, -0.15) is 0 Å². The Morgan fingerprint density at radius 2 is 2.14 bits per heavy atom. The first-order valence-corrected chi connectivity index (χ1v) is 7.33. The maximum atomic E-state index is 10.3. The quantitative estimate of drug-likeness (QED) is 0.898. The molecule has 0 spiro atoms. The molecule has 1 saturated heterocycles. The zero-order valence-electron chi connectivity index (χ0n) is 11.9. The van der Waals surface area contributed by atoms with E-state index in [1.165, 1.54) is 0 Å². The van der Waals surface area contributed by atoms with Crippen LogP contribution in [0.25, 0.3) is 11.3 Å². The zero-order chi connectivity index (χ0) is 14.7. The SMILES string of the molecule is OC1CCCN(CC(O)c2cc(-c3ccccc3)on2)C1. The maximum Gasteiger partial charge on any atom is 0.167 e. The molecule has 3 rings (SSSR count). The largest absolute Gasteiger partial charge is 0.392 e. The van der Waals surface area contributed by atoms with Crippen molar-refractivity contribution in [2.45, 2.75) is 25.0 Å². The highest BCUT2D eigenvalue weighted by molar-refractivity contribution is 5.56. The topological polar surface area (TPSA) is 69.7 Å². The molecule has 0 aliphatic carbocycles. The Balaban J connectivity index is 1.65. The summed E-state index contributed by atoms with van der Waals surface area (Å²) in [4.78, 5) is 2.07.